The number of amides is 1. The highest BCUT2D eigenvalue weighted by atomic mass is 35.5. The zero-order valence-corrected chi connectivity index (χ0v) is 18.2. The fraction of sp³-hybridized carbons (Fsp3) is 0.211. The van der Waals surface area contributed by atoms with Crippen LogP contribution >= 0.6 is 35.4 Å². The summed E-state index contributed by atoms with van der Waals surface area (Å²) in [6, 6.07) is 6.64. The fourth-order valence-corrected chi connectivity index (χ4v) is 3.89. The quantitative estimate of drug-likeness (QED) is 0.326. The van der Waals surface area contributed by atoms with Crippen LogP contribution in [0.25, 0.3) is 0 Å². The Morgan fingerprint density at radius 1 is 1.13 bits per heavy atom. The summed E-state index contributed by atoms with van der Waals surface area (Å²) in [5, 5.41) is 25.6. The van der Waals surface area contributed by atoms with Gasteiger partial charge in [0.05, 0.1) is 26.2 Å². The average molecular weight is 483 g/mol. The van der Waals surface area contributed by atoms with Crippen LogP contribution in [0.1, 0.15) is 33.6 Å². The van der Waals surface area contributed by atoms with Crippen molar-refractivity contribution in [1.82, 2.24) is 5.32 Å². The monoisotopic (exact) mass is 482 g/mol. The van der Waals surface area contributed by atoms with Crippen molar-refractivity contribution in [2.45, 2.75) is 12.8 Å². The zero-order chi connectivity index (χ0) is 22.7. The average Bonchev–Trinajstić information content (AvgIpc) is 3.23. The molecule has 0 spiro atoms. The second-order valence-electron chi connectivity index (χ2n) is 6.68. The highest BCUT2D eigenvalue weighted by Gasteiger charge is 2.24. The van der Waals surface area contributed by atoms with Gasteiger partial charge in [-0.3, -0.25) is 20.2 Å². The van der Waals surface area contributed by atoms with Crippen molar-refractivity contribution in [3.05, 3.63) is 61.6 Å². The number of nitro benzene ring substituents is 1. The van der Waals surface area contributed by atoms with Crippen LogP contribution in [0.15, 0.2) is 30.3 Å². The third-order valence-corrected chi connectivity index (χ3v) is 5.47. The Bertz CT molecular complexity index is 1090. The van der Waals surface area contributed by atoms with Crippen molar-refractivity contribution in [3.63, 3.8) is 0 Å². The van der Waals surface area contributed by atoms with Gasteiger partial charge in [-0.15, -0.1) is 0 Å². The number of nitrogens with zero attached hydrogens (tertiary/aromatic N) is 2. The normalized spacial score (nSPS) is 13.0. The fourth-order valence-electron chi connectivity index (χ4n) is 3.17. The maximum atomic E-state index is 12.5. The Kier molecular flexibility index (Phi) is 6.94. The first-order chi connectivity index (χ1) is 14.7. The molecule has 0 saturated carbocycles. The predicted molar refractivity (Wildman–Crippen MR) is 122 cm³/mol. The van der Waals surface area contributed by atoms with Crippen molar-refractivity contribution in [2.75, 3.05) is 23.3 Å². The first-order valence-electron chi connectivity index (χ1n) is 9.05. The lowest BCUT2D eigenvalue weighted by atomic mass is 10.1. The van der Waals surface area contributed by atoms with Crippen LogP contribution in [0.2, 0.25) is 10.0 Å². The SMILES string of the molecule is O=C(NC(=S)Nc1cc(C(=O)O)c(Cl)cc1Cl)c1ccc(N2CCCC2)c([N+](=O)[O-])c1. The molecule has 0 unspecified atom stereocenters. The van der Waals surface area contributed by atoms with E-state index in [2.05, 4.69) is 10.6 Å². The summed E-state index contributed by atoms with van der Waals surface area (Å²) in [4.78, 5) is 36.7. The molecule has 1 heterocycles. The molecular formula is C19H16Cl2N4O5S. The molecule has 1 saturated heterocycles. The first kappa shape index (κ1) is 22.7. The molecular weight excluding hydrogens is 467 g/mol. The summed E-state index contributed by atoms with van der Waals surface area (Å²) in [6.45, 7) is 1.45. The van der Waals surface area contributed by atoms with E-state index >= 15 is 0 Å². The lowest BCUT2D eigenvalue weighted by Gasteiger charge is -2.18. The van der Waals surface area contributed by atoms with Crippen LogP contribution in [-0.4, -0.2) is 40.1 Å². The van der Waals surface area contributed by atoms with Gasteiger partial charge in [0.25, 0.3) is 11.6 Å². The molecule has 0 bridgehead atoms. The van der Waals surface area contributed by atoms with E-state index in [0.29, 0.717) is 5.69 Å². The standard InChI is InChI=1S/C19H16Cl2N4O5S/c20-12-9-13(21)14(8-11(12)18(27)28)22-19(31)23-17(26)10-3-4-15(16(7-10)25(29)30)24-5-1-2-6-24/h3-4,7-9H,1-2,5-6H2,(H,27,28)(H2,22,23,26,31). The molecule has 2 aromatic rings. The molecule has 1 amide bonds. The second kappa shape index (κ2) is 9.46. The highest BCUT2D eigenvalue weighted by Crippen LogP contribution is 2.32. The smallest absolute Gasteiger partial charge is 0.337 e. The number of anilines is 2. The predicted octanol–water partition coefficient (Wildman–Crippen LogP) is 4.33. The summed E-state index contributed by atoms with van der Waals surface area (Å²) in [7, 11) is 0. The Balaban J connectivity index is 1.76. The minimum absolute atomic E-state index is 0.0484. The van der Waals surface area contributed by atoms with Crippen molar-refractivity contribution in [3.8, 4) is 0 Å². The van der Waals surface area contributed by atoms with Gasteiger partial charge in [0.1, 0.15) is 5.69 Å². The molecule has 0 aliphatic carbocycles. The van der Waals surface area contributed by atoms with E-state index in [9.17, 15) is 19.7 Å². The number of carbonyl (C=O) groups is 2. The van der Waals surface area contributed by atoms with Gasteiger partial charge in [-0.1, -0.05) is 23.2 Å². The Labute approximate surface area is 192 Å². The van der Waals surface area contributed by atoms with Gasteiger partial charge >= 0.3 is 5.97 Å². The third kappa shape index (κ3) is 5.22. The third-order valence-electron chi connectivity index (χ3n) is 4.64. The number of carboxylic acids is 1. The van der Waals surface area contributed by atoms with E-state index in [4.69, 9.17) is 40.5 Å². The Morgan fingerprint density at radius 2 is 1.81 bits per heavy atom. The number of nitro groups is 1. The van der Waals surface area contributed by atoms with E-state index in [0.717, 1.165) is 25.9 Å². The van der Waals surface area contributed by atoms with E-state index in [1.807, 2.05) is 4.90 Å². The maximum absolute atomic E-state index is 12.5. The number of rotatable bonds is 5. The van der Waals surface area contributed by atoms with E-state index in [1.165, 1.54) is 24.3 Å². The second-order valence-corrected chi connectivity index (χ2v) is 7.90. The topological polar surface area (TPSA) is 125 Å². The van der Waals surface area contributed by atoms with Crippen LogP contribution in [0.5, 0.6) is 0 Å². The van der Waals surface area contributed by atoms with E-state index in [-0.39, 0.29) is 37.7 Å². The van der Waals surface area contributed by atoms with Gasteiger partial charge in [-0.2, -0.15) is 0 Å². The number of aromatic carboxylic acids is 1. The van der Waals surface area contributed by atoms with Crippen molar-refractivity contribution in [1.29, 1.82) is 0 Å². The van der Waals surface area contributed by atoms with Crippen molar-refractivity contribution in [2.24, 2.45) is 0 Å². The number of thiocarbonyl (C=S) groups is 1. The lowest BCUT2D eigenvalue weighted by Crippen LogP contribution is -2.34. The summed E-state index contributed by atoms with van der Waals surface area (Å²) >= 11 is 17.0. The summed E-state index contributed by atoms with van der Waals surface area (Å²) in [5.41, 5.74) is 0.279. The molecule has 1 fully saturated rings. The zero-order valence-electron chi connectivity index (χ0n) is 15.9. The largest absolute Gasteiger partial charge is 0.478 e. The molecule has 0 aromatic heterocycles. The molecule has 31 heavy (non-hydrogen) atoms. The number of carboxylic acid groups (broad SMARTS) is 1. The van der Waals surface area contributed by atoms with Gasteiger partial charge in [0, 0.05) is 24.7 Å². The summed E-state index contributed by atoms with van der Waals surface area (Å²) in [6.07, 6.45) is 1.91. The number of carbonyl (C=O) groups excluding carboxylic acids is 1. The van der Waals surface area contributed by atoms with Gasteiger partial charge in [-0.05, 0) is 49.3 Å². The van der Waals surface area contributed by atoms with E-state index < -0.39 is 16.8 Å². The van der Waals surface area contributed by atoms with Crippen molar-refractivity contribution < 1.29 is 19.6 Å². The molecule has 1 aliphatic heterocycles. The Morgan fingerprint density at radius 3 is 2.42 bits per heavy atom. The first-order valence-corrected chi connectivity index (χ1v) is 10.2. The summed E-state index contributed by atoms with van der Waals surface area (Å²) < 4.78 is 0. The lowest BCUT2D eigenvalue weighted by molar-refractivity contribution is -0.384. The maximum Gasteiger partial charge on any atom is 0.337 e. The molecule has 162 valence electrons. The van der Waals surface area contributed by atoms with Crippen LogP contribution in [0.4, 0.5) is 17.1 Å². The molecule has 3 rings (SSSR count). The van der Waals surface area contributed by atoms with Gasteiger partial charge in [0.2, 0.25) is 0 Å². The number of hydrogen-bond acceptors (Lipinski definition) is 6. The number of nitrogens with one attached hydrogen (secondary N) is 2. The minimum Gasteiger partial charge on any atom is -0.478 e. The molecule has 2 aromatic carbocycles. The van der Waals surface area contributed by atoms with Crippen LogP contribution < -0.4 is 15.5 Å². The van der Waals surface area contributed by atoms with Gasteiger partial charge < -0.3 is 15.3 Å². The molecule has 12 heteroatoms. The number of halogens is 2. The van der Waals surface area contributed by atoms with Gasteiger partial charge in [-0.25, -0.2) is 4.79 Å². The van der Waals surface area contributed by atoms with Crippen LogP contribution in [0.3, 0.4) is 0 Å². The highest BCUT2D eigenvalue weighted by molar-refractivity contribution is 7.80. The van der Waals surface area contributed by atoms with Crippen LogP contribution in [-0.2, 0) is 0 Å². The molecule has 3 N–H and O–H groups in total. The molecule has 0 atom stereocenters. The minimum atomic E-state index is -1.26. The van der Waals surface area contributed by atoms with Crippen molar-refractivity contribution >= 4 is 69.5 Å². The van der Waals surface area contributed by atoms with E-state index in [1.54, 1.807) is 6.07 Å². The molecule has 9 nitrogen and oxygen atoms in total. The number of hydrogen-bond donors (Lipinski definition) is 3. The molecule has 0 radical (unpaired) electrons. The summed E-state index contributed by atoms with van der Waals surface area (Å²) in [5.74, 6) is -1.93. The van der Waals surface area contributed by atoms with Gasteiger partial charge in [0.15, 0.2) is 5.11 Å². The van der Waals surface area contributed by atoms with Crippen LogP contribution in [0, 0.1) is 10.1 Å². The molecule has 1 aliphatic rings. The Hall–Kier alpha value is -2.95. The number of benzene rings is 2.